The highest BCUT2D eigenvalue weighted by atomic mass is 32.2. The van der Waals surface area contributed by atoms with Crippen molar-refractivity contribution in [3.05, 3.63) is 47.7 Å². The van der Waals surface area contributed by atoms with Crippen LogP contribution in [0.1, 0.15) is 5.69 Å². The number of oxime groups is 1. The Hall–Kier alpha value is -3.12. The van der Waals surface area contributed by atoms with E-state index in [9.17, 15) is 19.5 Å². The number of rotatable bonds is 8. The number of thioether (sulfide) groups is 1. The van der Waals surface area contributed by atoms with Gasteiger partial charge in [-0.1, -0.05) is 30.5 Å². The van der Waals surface area contributed by atoms with Gasteiger partial charge in [-0.3, -0.25) is 14.5 Å². The van der Waals surface area contributed by atoms with Gasteiger partial charge in [-0.25, -0.2) is 9.78 Å². The number of nitrogens with two attached hydrogens (primary N) is 1. The van der Waals surface area contributed by atoms with Crippen LogP contribution < -0.4 is 11.1 Å². The molecule has 0 bridgehead atoms. The lowest BCUT2D eigenvalue weighted by atomic mass is 10.0. The standard InChI is InChI=1S/C17H17N5O5S2/c1-3-5-27-21-10(9-7-29-17(18)19-9)13(23)20-11-14(24)22-12(16(25)26)8(4-2)6-28-15(11)22/h3-4,7,11,15H,1-2,5-6H2,(H2,18,19)(H,20,23)(H,25,26)/t11?,15-/m1/s1. The van der Waals surface area contributed by atoms with Gasteiger partial charge >= 0.3 is 5.97 Å². The first-order chi connectivity index (χ1) is 13.9. The van der Waals surface area contributed by atoms with Crippen LogP contribution in [-0.2, 0) is 19.2 Å². The van der Waals surface area contributed by atoms with Gasteiger partial charge in [0.1, 0.15) is 29.4 Å². The summed E-state index contributed by atoms with van der Waals surface area (Å²) in [7, 11) is 0. The van der Waals surface area contributed by atoms with E-state index in [0.717, 1.165) is 16.2 Å². The van der Waals surface area contributed by atoms with Crippen LogP contribution in [0.25, 0.3) is 0 Å². The normalized spacial score (nSPS) is 21.2. The maximum absolute atomic E-state index is 12.8. The topological polar surface area (TPSA) is 147 Å². The molecule has 12 heteroatoms. The van der Waals surface area contributed by atoms with Crippen molar-refractivity contribution in [1.82, 2.24) is 15.2 Å². The lowest BCUT2D eigenvalue weighted by Gasteiger charge is -2.49. The number of hydrogen-bond acceptors (Lipinski definition) is 9. The smallest absolute Gasteiger partial charge is 0.352 e. The Morgan fingerprint density at radius 2 is 2.28 bits per heavy atom. The Morgan fingerprint density at radius 3 is 2.86 bits per heavy atom. The van der Waals surface area contributed by atoms with E-state index < -0.39 is 29.2 Å². The quantitative estimate of drug-likeness (QED) is 0.176. The van der Waals surface area contributed by atoms with E-state index >= 15 is 0 Å². The SMILES string of the molecule is C=CCON=C(C(=O)NC1C(=O)N2C(C(=O)O)=C(C=C)CS[C@H]12)c1csc(N)n1. The minimum Gasteiger partial charge on any atom is -0.477 e. The van der Waals surface area contributed by atoms with Crippen LogP contribution in [0.5, 0.6) is 0 Å². The van der Waals surface area contributed by atoms with E-state index in [4.69, 9.17) is 10.6 Å². The molecule has 0 saturated carbocycles. The molecule has 0 spiro atoms. The van der Waals surface area contributed by atoms with Crippen molar-refractivity contribution >= 4 is 51.7 Å². The van der Waals surface area contributed by atoms with E-state index in [1.54, 1.807) is 0 Å². The van der Waals surface area contributed by atoms with Gasteiger partial charge in [0.25, 0.3) is 11.8 Å². The van der Waals surface area contributed by atoms with Gasteiger partial charge in [-0.2, -0.15) is 0 Å². The number of thiazole rings is 1. The number of hydrogen-bond donors (Lipinski definition) is 3. The highest BCUT2D eigenvalue weighted by molar-refractivity contribution is 8.00. The predicted molar refractivity (Wildman–Crippen MR) is 109 cm³/mol. The van der Waals surface area contributed by atoms with E-state index in [0.29, 0.717) is 11.3 Å². The number of aliphatic carboxylic acids is 1. The highest BCUT2D eigenvalue weighted by Crippen LogP contribution is 2.40. The second-order valence-electron chi connectivity index (χ2n) is 5.84. The summed E-state index contributed by atoms with van der Waals surface area (Å²) in [6.07, 6.45) is 2.87. The fraction of sp³-hybridized carbons (Fsp3) is 0.235. The van der Waals surface area contributed by atoms with Gasteiger partial charge in [-0.15, -0.1) is 23.1 Å². The maximum Gasteiger partial charge on any atom is 0.352 e. The fourth-order valence-corrected chi connectivity index (χ4v) is 4.65. The molecule has 1 unspecified atom stereocenters. The summed E-state index contributed by atoms with van der Waals surface area (Å²) < 4.78 is 0. The summed E-state index contributed by atoms with van der Waals surface area (Å²) in [6, 6.07) is -0.909. The number of fused-ring (bicyclic) bond motifs is 1. The molecule has 2 amide bonds. The van der Waals surface area contributed by atoms with Crippen molar-refractivity contribution in [3.63, 3.8) is 0 Å². The Morgan fingerprint density at radius 1 is 1.52 bits per heavy atom. The van der Waals surface area contributed by atoms with Gasteiger partial charge < -0.3 is 21.0 Å². The molecular formula is C17H17N5O5S2. The number of nitrogens with zero attached hydrogens (tertiary/aromatic N) is 3. The summed E-state index contributed by atoms with van der Waals surface area (Å²) in [4.78, 5) is 47.1. The number of nitrogen functional groups attached to an aromatic ring is 1. The summed E-state index contributed by atoms with van der Waals surface area (Å²) in [5.74, 6) is -2.08. The molecule has 1 aromatic heterocycles. The minimum atomic E-state index is -1.22. The Kier molecular flexibility index (Phi) is 6.03. The van der Waals surface area contributed by atoms with E-state index in [2.05, 4.69) is 28.6 Å². The lowest BCUT2D eigenvalue weighted by Crippen LogP contribution is -2.71. The first-order valence-corrected chi connectivity index (χ1v) is 10.2. The zero-order chi connectivity index (χ0) is 21.1. The second kappa shape index (κ2) is 8.49. The number of amides is 2. The van der Waals surface area contributed by atoms with E-state index in [1.165, 1.54) is 29.3 Å². The molecule has 152 valence electrons. The van der Waals surface area contributed by atoms with Crippen molar-refractivity contribution in [2.75, 3.05) is 18.1 Å². The Bertz CT molecular complexity index is 954. The molecule has 2 aliphatic rings. The maximum atomic E-state index is 12.8. The van der Waals surface area contributed by atoms with Gasteiger partial charge in [-0.05, 0) is 5.57 Å². The third-order valence-corrected chi connectivity index (χ3v) is 6.04. The molecule has 3 heterocycles. The van der Waals surface area contributed by atoms with Crippen LogP contribution in [-0.4, -0.2) is 62.3 Å². The van der Waals surface area contributed by atoms with Crippen molar-refractivity contribution in [3.8, 4) is 0 Å². The predicted octanol–water partition coefficient (Wildman–Crippen LogP) is 0.557. The number of nitrogens with one attached hydrogen (secondary N) is 1. The van der Waals surface area contributed by atoms with Crippen molar-refractivity contribution in [1.29, 1.82) is 0 Å². The number of carboxylic acid groups (broad SMARTS) is 1. The largest absolute Gasteiger partial charge is 0.477 e. The molecule has 2 aliphatic heterocycles. The number of carbonyl (C=O) groups is 3. The number of carbonyl (C=O) groups excluding carboxylic acids is 2. The number of carboxylic acids is 1. The molecular weight excluding hydrogens is 418 g/mol. The molecule has 1 aromatic rings. The van der Waals surface area contributed by atoms with Crippen LogP contribution in [0.2, 0.25) is 0 Å². The average molecular weight is 435 g/mol. The zero-order valence-corrected chi connectivity index (χ0v) is 16.7. The van der Waals surface area contributed by atoms with Crippen LogP contribution in [0.3, 0.4) is 0 Å². The molecule has 4 N–H and O–H groups in total. The first-order valence-electron chi connectivity index (χ1n) is 8.25. The lowest BCUT2D eigenvalue weighted by molar-refractivity contribution is -0.150. The molecule has 10 nitrogen and oxygen atoms in total. The number of anilines is 1. The number of aromatic nitrogens is 1. The van der Waals surface area contributed by atoms with Crippen LogP contribution in [0.15, 0.2) is 47.1 Å². The molecule has 0 radical (unpaired) electrons. The summed E-state index contributed by atoms with van der Waals surface area (Å²) >= 11 is 2.46. The monoisotopic (exact) mass is 435 g/mol. The third-order valence-electron chi connectivity index (χ3n) is 4.06. The van der Waals surface area contributed by atoms with Crippen molar-refractivity contribution < 1.29 is 24.3 Å². The summed E-state index contributed by atoms with van der Waals surface area (Å²) in [5, 5.41) is 17.1. The second-order valence-corrected chi connectivity index (χ2v) is 7.83. The summed E-state index contributed by atoms with van der Waals surface area (Å²) in [5.41, 5.74) is 6.01. The van der Waals surface area contributed by atoms with Gasteiger partial charge in [0, 0.05) is 11.1 Å². The molecule has 1 saturated heterocycles. The van der Waals surface area contributed by atoms with Gasteiger partial charge in [0.05, 0.1) is 0 Å². The summed E-state index contributed by atoms with van der Waals surface area (Å²) in [6.45, 7) is 7.16. The van der Waals surface area contributed by atoms with Crippen molar-refractivity contribution in [2.45, 2.75) is 11.4 Å². The first kappa shape index (κ1) is 20.6. The highest BCUT2D eigenvalue weighted by Gasteiger charge is 2.54. The third kappa shape index (κ3) is 3.89. The molecule has 2 atom stereocenters. The molecule has 29 heavy (non-hydrogen) atoms. The van der Waals surface area contributed by atoms with Gasteiger partial charge in [0.2, 0.25) is 0 Å². The van der Waals surface area contributed by atoms with E-state index in [1.807, 2.05) is 0 Å². The Labute approximate surface area is 173 Å². The zero-order valence-electron chi connectivity index (χ0n) is 15.0. The number of allylic oxidation sites excluding steroid dienone is 1. The van der Waals surface area contributed by atoms with Crippen LogP contribution >= 0.6 is 23.1 Å². The van der Waals surface area contributed by atoms with Crippen molar-refractivity contribution in [2.24, 2.45) is 5.16 Å². The van der Waals surface area contributed by atoms with E-state index in [-0.39, 0.29) is 28.8 Å². The average Bonchev–Trinajstić information content (AvgIpc) is 3.13. The molecule has 0 aromatic carbocycles. The van der Waals surface area contributed by atoms with Crippen LogP contribution in [0.4, 0.5) is 5.13 Å². The molecule has 0 aliphatic carbocycles. The molecule has 3 rings (SSSR count). The van der Waals surface area contributed by atoms with Crippen LogP contribution in [0, 0.1) is 0 Å². The molecule has 1 fully saturated rings. The van der Waals surface area contributed by atoms with Gasteiger partial charge in [0.15, 0.2) is 10.8 Å². The number of β-lactam (4-membered cyclic amide) rings is 1. The fourth-order valence-electron chi connectivity index (χ4n) is 2.76. The Balaban J connectivity index is 1.80. The minimum absolute atomic E-state index is 0.0715.